The minimum atomic E-state index is -4.04. The molecule has 0 spiro atoms. The van der Waals surface area contributed by atoms with Crippen molar-refractivity contribution >= 4 is 37.4 Å². The Labute approximate surface area is 160 Å². The fraction of sp³-hybridized carbons (Fsp3) is 0.0500. The third-order valence-electron chi connectivity index (χ3n) is 4.49. The van der Waals surface area contributed by atoms with Gasteiger partial charge in [0, 0.05) is 29.1 Å². The number of nitriles is 1. The lowest BCUT2D eigenvalue weighted by Gasteiger charge is -2.12. The number of anilines is 1. The highest BCUT2D eigenvalue weighted by Gasteiger charge is 2.22. The smallest absolute Gasteiger partial charge is 0.264 e. The lowest BCUT2D eigenvalue weighted by molar-refractivity contribution is 0.415. The Balaban J connectivity index is 1.83. The number of nitrogens with zero attached hydrogens (tertiary/aromatic N) is 1. The Morgan fingerprint density at radius 1 is 1.14 bits per heavy atom. The maximum Gasteiger partial charge on any atom is 0.264 e. The first-order chi connectivity index (χ1) is 13.4. The summed E-state index contributed by atoms with van der Waals surface area (Å²) in [6.07, 6.45) is 1.39. The average Bonchev–Trinajstić information content (AvgIpc) is 3.13. The standard InChI is InChI=1S/C20H14FN3O3S/c1-27-18-8-13(10-22)16(21)9-17(18)24-28(25,26)19-11-23-20-14-5-3-2-4-12(14)6-7-15(19)20/h2-9,11,23-24H,1H3. The van der Waals surface area contributed by atoms with E-state index in [2.05, 4.69) is 9.71 Å². The molecule has 0 aliphatic rings. The zero-order valence-corrected chi connectivity index (χ0v) is 15.5. The van der Waals surface area contributed by atoms with Crippen LogP contribution in [0.3, 0.4) is 0 Å². The summed E-state index contributed by atoms with van der Waals surface area (Å²) in [4.78, 5) is 3.04. The maximum absolute atomic E-state index is 14.0. The van der Waals surface area contributed by atoms with Gasteiger partial charge in [0.15, 0.2) is 0 Å². The molecule has 0 aliphatic carbocycles. The zero-order chi connectivity index (χ0) is 19.9. The molecule has 0 saturated heterocycles. The third-order valence-corrected chi connectivity index (χ3v) is 5.89. The van der Waals surface area contributed by atoms with Crippen molar-refractivity contribution in [3.8, 4) is 11.8 Å². The van der Waals surface area contributed by atoms with Crippen molar-refractivity contribution in [2.45, 2.75) is 4.90 Å². The molecule has 0 saturated carbocycles. The molecule has 2 N–H and O–H groups in total. The quantitative estimate of drug-likeness (QED) is 0.543. The number of sulfonamides is 1. The summed E-state index contributed by atoms with van der Waals surface area (Å²) in [7, 11) is -2.74. The van der Waals surface area contributed by atoms with Crippen LogP contribution in [0.5, 0.6) is 5.75 Å². The molecule has 1 aromatic heterocycles. The van der Waals surface area contributed by atoms with E-state index >= 15 is 0 Å². The van der Waals surface area contributed by atoms with Crippen LogP contribution >= 0.6 is 0 Å². The van der Waals surface area contributed by atoms with E-state index in [1.54, 1.807) is 12.1 Å². The van der Waals surface area contributed by atoms with Gasteiger partial charge in [0.1, 0.15) is 22.5 Å². The predicted octanol–water partition coefficient (Wildman–Crippen LogP) is 4.14. The Morgan fingerprint density at radius 3 is 2.68 bits per heavy atom. The van der Waals surface area contributed by atoms with Crippen LogP contribution in [-0.4, -0.2) is 20.5 Å². The second kappa shape index (κ2) is 6.55. The third kappa shape index (κ3) is 2.82. The number of aromatic nitrogens is 1. The summed E-state index contributed by atoms with van der Waals surface area (Å²) >= 11 is 0. The topological polar surface area (TPSA) is 95.0 Å². The highest BCUT2D eigenvalue weighted by molar-refractivity contribution is 7.93. The van der Waals surface area contributed by atoms with E-state index in [1.165, 1.54) is 13.3 Å². The second-order valence-corrected chi connectivity index (χ2v) is 7.76. The summed E-state index contributed by atoms with van der Waals surface area (Å²) in [5.41, 5.74) is 0.365. The van der Waals surface area contributed by atoms with Crippen molar-refractivity contribution in [2.75, 3.05) is 11.8 Å². The van der Waals surface area contributed by atoms with Crippen molar-refractivity contribution < 1.29 is 17.5 Å². The molecule has 3 aromatic carbocycles. The number of hydrogen-bond acceptors (Lipinski definition) is 4. The van der Waals surface area contributed by atoms with Crippen LogP contribution in [0.15, 0.2) is 59.6 Å². The molecule has 140 valence electrons. The van der Waals surface area contributed by atoms with Crippen LogP contribution in [0.25, 0.3) is 21.7 Å². The first-order valence-corrected chi connectivity index (χ1v) is 9.72. The molecule has 0 amide bonds. The van der Waals surface area contributed by atoms with Crippen LogP contribution in [-0.2, 0) is 10.0 Å². The van der Waals surface area contributed by atoms with Crippen LogP contribution in [0.1, 0.15) is 5.56 Å². The molecular formula is C20H14FN3O3S. The number of nitrogens with one attached hydrogen (secondary N) is 2. The van der Waals surface area contributed by atoms with E-state index < -0.39 is 15.8 Å². The molecule has 6 nitrogen and oxygen atoms in total. The SMILES string of the molecule is COc1cc(C#N)c(F)cc1NS(=O)(=O)c1c[nH]c2c1ccc1ccccc12. The van der Waals surface area contributed by atoms with E-state index in [9.17, 15) is 12.8 Å². The zero-order valence-electron chi connectivity index (χ0n) is 14.7. The number of ether oxygens (including phenoxy) is 1. The highest BCUT2D eigenvalue weighted by atomic mass is 32.2. The summed E-state index contributed by atoms with van der Waals surface area (Å²) < 4.78 is 47.4. The molecule has 0 radical (unpaired) electrons. The number of fused-ring (bicyclic) bond motifs is 3. The Hall–Kier alpha value is -3.57. The van der Waals surface area contributed by atoms with E-state index in [1.807, 2.05) is 30.3 Å². The monoisotopic (exact) mass is 395 g/mol. The van der Waals surface area contributed by atoms with Gasteiger partial charge in [-0.1, -0.05) is 36.4 Å². The number of aromatic amines is 1. The predicted molar refractivity (Wildman–Crippen MR) is 104 cm³/mol. The molecule has 0 bridgehead atoms. The number of methoxy groups -OCH3 is 1. The Morgan fingerprint density at radius 2 is 1.93 bits per heavy atom. The maximum atomic E-state index is 14.0. The molecule has 28 heavy (non-hydrogen) atoms. The lowest BCUT2D eigenvalue weighted by Crippen LogP contribution is -2.13. The van der Waals surface area contributed by atoms with Crippen molar-refractivity contribution in [3.63, 3.8) is 0 Å². The summed E-state index contributed by atoms with van der Waals surface area (Å²) in [6, 6.07) is 14.9. The van der Waals surface area contributed by atoms with Gasteiger partial charge in [-0.3, -0.25) is 4.72 Å². The van der Waals surface area contributed by atoms with Gasteiger partial charge in [-0.2, -0.15) is 5.26 Å². The molecule has 4 aromatic rings. The molecule has 0 aliphatic heterocycles. The van der Waals surface area contributed by atoms with E-state index in [0.29, 0.717) is 10.9 Å². The van der Waals surface area contributed by atoms with Crippen LogP contribution < -0.4 is 9.46 Å². The normalized spacial score (nSPS) is 11.5. The lowest BCUT2D eigenvalue weighted by atomic mass is 10.1. The highest BCUT2D eigenvalue weighted by Crippen LogP contribution is 2.33. The van der Waals surface area contributed by atoms with Crippen LogP contribution in [0, 0.1) is 17.1 Å². The van der Waals surface area contributed by atoms with Crippen LogP contribution in [0.2, 0.25) is 0 Å². The number of H-pyrrole nitrogens is 1. The molecular weight excluding hydrogens is 381 g/mol. The van der Waals surface area contributed by atoms with Gasteiger partial charge in [-0.25, -0.2) is 12.8 Å². The van der Waals surface area contributed by atoms with Crippen LogP contribution in [0.4, 0.5) is 10.1 Å². The fourth-order valence-electron chi connectivity index (χ4n) is 3.16. The number of rotatable bonds is 4. The van der Waals surface area contributed by atoms with Gasteiger partial charge in [0.25, 0.3) is 10.0 Å². The van der Waals surface area contributed by atoms with Gasteiger partial charge in [-0.05, 0) is 5.39 Å². The average molecular weight is 395 g/mol. The number of halogens is 1. The van der Waals surface area contributed by atoms with Gasteiger partial charge >= 0.3 is 0 Å². The van der Waals surface area contributed by atoms with E-state index in [-0.39, 0.29) is 21.9 Å². The summed E-state index contributed by atoms with van der Waals surface area (Å²) in [5, 5.41) is 11.3. The Kier molecular flexibility index (Phi) is 4.17. The molecule has 1 heterocycles. The minimum absolute atomic E-state index is 0.0278. The van der Waals surface area contributed by atoms with E-state index in [0.717, 1.165) is 22.9 Å². The fourth-order valence-corrected chi connectivity index (χ4v) is 4.39. The minimum Gasteiger partial charge on any atom is -0.495 e. The summed E-state index contributed by atoms with van der Waals surface area (Å²) in [6.45, 7) is 0. The van der Waals surface area contributed by atoms with Gasteiger partial charge in [-0.15, -0.1) is 0 Å². The van der Waals surface area contributed by atoms with Crippen molar-refractivity contribution in [2.24, 2.45) is 0 Å². The van der Waals surface area contributed by atoms with Gasteiger partial charge in [0.2, 0.25) is 0 Å². The van der Waals surface area contributed by atoms with Gasteiger partial charge in [0.05, 0.1) is 23.9 Å². The molecule has 4 rings (SSSR count). The molecule has 0 fully saturated rings. The van der Waals surface area contributed by atoms with Crippen molar-refractivity contribution in [3.05, 3.63) is 66.1 Å². The largest absolute Gasteiger partial charge is 0.495 e. The molecule has 8 heteroatoms. The Bertz CT molecular complexity index is 1370. The van der Waals surface area contributed by atoms with Crippen molar-refractivity contribution in [1.29, 1.82) is 5.26 Å². The second-order valence-electron chi connectivity index (χ2n) is 6.11. The summed E-state index contributed by atoms with van der Waals surface area (Å²) in [5.74, 6) is -0.794. The van der Waals surface area contributed by atoms with E-state index in [4.69, 9.17) is 10.00 Å². The number of hydrogen-bond donors (Lipinski definition) is 2. The van der Waals surface area contributed by atoms with Gasteiger partial charge < -0.3 is 9.72 Å². The molecule has 0 unspecified atom stereocenters. The number of benzene rings is 3. The molecule has 0 atom stereocenters. The van der Waals surface area contributed by atoms with Crippen molar-refractivity contribution in [1.82, 2.24) is 4.98 Å². The first-order valence-electron chi connectivity index (χ1n) is 8.24. The first kappa shape index (κ1) is 17.8.